The molecular weight excluding hydrogens is 232 g/mol. The Kier molecular flexibility index (Phi) is 7.14. The van der Waals surface area contributed by atoms with Crippen molar-refractivity contribution < 1.29 is 8.85 Å². The average Bonchev–Trinajstić information content (AvgIpc) is 2.23. The van der Waals surface area contributed by atoms with Crippen LogP contribution in [0.5, 0.6) is 0 Å². The maximum absolute atomic E-state index is 5.79. The van der Waals surface area contributed by atoms with Gasteiger partial charge in [0, 0.05) is 13.2 Å². The van der Waals surface area contributed by atoms with E-state index in [1.54, 1.807) is 0 Å². The van der Waals surface area contributed by atoms with E-state index < -0.39 is 16.6 Å². The maximum atomic E-state index is 5.79. The summed E-state index contributed by atoms with van der Waals surface area (Å²) in [4.78, 5) is 0. The van der Waals surface area contributed by atoms with E-state index in [0.29, 0.717) is 0 Å². The predicted octanol–water partition coefficient (Wildman–Crippen LogP) is 3.66. The molecule has 0 saturated heterocycles. The largest absolute Gasteiger partial charge is 0.414 e. The minimum atomic E-state index is -1.57. The van der Waals surface area contributed by atoms with Crippen molar-refractivity contribution in [1.29, 1.82) is 0 Å². The zero-order chi connectivity index (χ0) is 12.7. The molecule has 0 fully saturated rings. The first-order chi connectivity index (χ1) is 7.33. The lowest BCUT2D eigenvalue weighted by Gasteiger charge is -2.20. The third-order valence-electron chi connectivity index (χ3n) is 2.47. The minimum Gasteiger partial charge on any atom is -0.414 e. The lowest BCUT2D eigenvalue weighted by Crippen LogP contribution is -2.29. The molecule has 0 atom stereocenters. The number of unbranched alkanes of at least 4 members (excludes halogenated alkanes) is 1. The summed E-state index contributed by atoms with van der Waals surface area (Å²) in [5.41, 5.74) is 3.94. The Morgan fingerprint density at radius 1 is 0.812 bits per heavy atom. The van der Waals surface area contributed by atoms with Crippen molar-refractivity contribution in [1.82, 2.24) is 0 Å². The molecular formula is C12H26O2Si2. The predicted molar refractivity (Wildman–Crippen MR) is 76.5 cm³/mol. The highest BCUT2D eigenvalue weighted by molar-refractivity contribution is 6.76. The minimum absolute atomic E-state index is 0.824. The molecule has 0 aliphatic rings. The molecule has 0 radical (unpaired) electrons. The molecule has 0 amide bonds. The van der Waals surface area contributed by atoms with Crippen LogP contribution < -0.4 is 0 Å². The van der Waals surface area contributed by atoms with Gasteiger partial charge in [-0.15, -0.1) is 13.2 Å². The Morgan fingerprint density at radius 3 is 1.38 bits per heavy atom. The SMILES string of the molecule is C=C[Si](C)(C)OCCCCO[Si](C)(C)C=C. The second-order valence-electron chi connectivity index (χ2n) is 5.02. The van der Waals surface area contributed by atoms with Crippen molar-refractivity contribution in [3.05, 3.63) is 24.6 Å². The first-order valence-electron chi connectivity index (χ1n) is 5.88. The van der Waals surface area contributed by atoms with Crippen LogP contribution in [0.3, 0.4) is 0 Å². The molecule has 0 bridgehead atoms. The molecule has 94 valence electrons. The van der Waals surface area contributed by atoms with E-state index in [4.69, 9.17) is 8.85 Å². The van der Waals surface area contributed by atoms with Crippen molar-refractivity contribution in [3.63, 3.8) is 0 Å². The van der Waals surface area contributed by atoms with Crippen LogP contribution in [0.1, 0.15) is 12.8 Å². The molecule has 0 rings (SSSR count). The summed E-state index contributed by atoms with van der Waals surface area (Å²) in [5, 5.41) is 0. The fraction of sp³-hybridized carbons (Fsp3) is 0.667. The van der Waals surface area contributed by atoms with Gasteiger partial charge in [0.05, 0.1) is 0 Å². The molecule has 0 N–H and O–H groups in total. The molecule has 0 aromatic heterocycles. The lowest BCUT2D eigenvalue weighted by atomic mass is 10.3. The van der Waals surface area contributed by atoms with E-state index in [1.807, 2.05) is 11.4 Å². The fourth-order valence-corrected chi connectivity index (χ4v) is 2.57. The van der Waals surface area contributed by atoms with Crippen LogP contribution in [-0.4, -0.2) is 29.8 Å². The molecule has 2 nitrogen and oxygen atoms in total. The molecule has 0 heterocycles. The summed E-state index contributed by atoms with van der Waals surface area (Å²) in [7, 11) is -3.13. The molecule has 0 aromatic carbocycles. The Balaban J connectivity index is 3.48. The highest BCUT2D eigenvalue weighted by Crippen LogP contribution is 2.08. The highest BCUT2D eigenvalue weighted by Gasteiger charge is 2.17. The normalized spacial score (nSPS) is 12.5. The summed E-state index contributed by atoms with van der Waals surface area (Å²) >= 11 is 0. The highest BCUT2D eigenvalue weighted by atomic mass is 28.4. The van der Waals surface area contributed by atoms with Crippen LogP contribution in [0.4, 0.5) is 0 Å². The molecule has 16 heavy (non-hydrogen) atoms. The van der Waals surface area contributed by atoms with E-state index in [2.05, 4.69) is 39.3 Å². The summed E-state index contributed by atoms with van der Waals surface area (Å²) in [6, 6.07) is 0. The summed E-state index contributed by atoms with van der Waals surface area (Å²) in [6.45, 7) is 17.9. The first-order valence-corrected chi connectivity index (χ1v) is 11.9. The fourth-order valence-electron chi connectivity index (χ4n) is 0.992. The smallest absolute Gasteiger partial charge is 0.210 e. The summed E-state index contributed by atoms with van der Waals surface area (Å²) < 4.78 is 11.6. The first kappa shape index (κ1) is 15.8. The second-order valence-corrected chi connectivity index (χ2v) is 12.8. The van der Waals surface area contributed by atoms with Crippen LogP contribution in [0, 0.1) is 0 Å². The average molecular weight is 259 g/mol. The van der Waals surface area contributed by atoms with Crippen LogP contribution in [0.25, 0.3) is 0 Å². The number of rotatable bonds is 9. The number of hydrogen-bond acceptors (Lipinski definition) is 2. The van der Waals surface area contributed by atoms with Crippen LogP contribution in [0.15, 0.2) is 24.6 Å². The van der Waals surface area contributed by atoms with Crippen molar-refractivity contribution in [2.45, 2.75) is 39.0 Å². The van der Waals surface area contributed by atoms with Gasteiger partial charge in [0.15, 0.2) is 0 Å². The van der Waals surface area contributed by atoms with E-state index in [9.17, 15) is 0 Å². The molecule has 0 aliphatic carbocycles. The van der Waals surface area contributed by atoms with Gasteiger partial charge in [-0.25, -0.2) is 0 Å². The van der Waals surface area contributed by atoms with Crippen molar-refractivity contribution >= 4 is 16.6 Å². The van der Waals surface area contributed by atoms with Gasteiger partial charge in [-0.2, -0.15) is 0 Å². The lowest BCUT2D eigenvalue weighted by molar-refractivity contribution is 0.262. The van der Waals surface area contributed by atoms with Crippen molar-refractivity contribution in [2.24, 2.45) is 0 Å². The van der Waals surface area contributed by atoms with Gasteiger partial charge in [-0.3, -0.25) is 0 Å². The van der Waals surface area contributed by atoms with Crippen LogP contribution in [0.2, 0.25) is 26.2 Å². The van der Waals surface area contributed by atoms with Gasteiger partial charge in [0.2, 0.25) is 16.6 Å². The Morgan fingerprint density at radius 2 is 1.12 bits per heavy atom. The zero-order valence-corrected chi connectivity index (χ0v) is 13.2. The van der Waals surface area contributed by atoms with E-state index in [-0.39, 0.29) is 0 Å². The maximum Gasteiger partial charge on any atom is 0.210 e. The third kappa shape index (κ3) is 8.04. The van der Waals surface area contributed by atoms with Crippen LogP contribution in [-0.2, 0) is 8.85 Å². The Hall–Kier alpha value is -0.166. The van der Waals surface area contributed by atoms with Gasteiger partial charge >= 0.3 is 0 Å². The molecule has 0 aromatic rings. The van der Waals surface area contributed by atoms with Gasteiger partial charge in [-0.05, 0) is 39.0 Å². The molecule has 4 heteroatoms. The standard InChI is InChI=1S/C12H26O2Si2/c1-7-15(3,4)13-11-9-10-12-14-16(5,6)8-2/h7-8H,1-2,9-12H2,3-6H3. The zero-order valence-electron chi connectivity index (χ0n) is 11.2. The molecule has 0 spiro atoms. The van der Waals surface area contributed by atoms with Gasteiger partial charge in [0.1, 0.15) is 0 Å². The Labute approximate surface area is 103 Å². The molecule has 0 aliphatic heterocycles. The topological polar surface area (TPSA) is 18.5 Å². The summed E-state index contributed by atoms with van der Waals surface area (Å²) in [5.74, 6) is 0. The van der Waals surface area contributed by atoms with Crippen molar-refractivity contribution in [2.75, 3.05) is 13.2 Å². The molecule has 0 saturated carbocycles. The van der Waals surface area contributed by atoms with E-state index in [0.717, 1.165) is 26.1 Å². The quantitative estimate of drug-likeness (QED) is 0.464. The monoisotopic (exact) mass is 258 g/mol. The van der Waals surface area contributed by atoms with Crippen LogP contribution >= 0.6 is 0 Å². The van der Waals surface area contributed by atoms with Gasteiger partial charge < -0.3 is 8.85 Å². The number of hydrogen-bond donors (Lipinski definition) is 0. The second kappa shape index (κ2) is 7.22. The van der Waals surface area contributed by atoms with E-state index >= 15 is 0 Å². The summed E-state index contributed by atoms with van der Waals surface area (Å²) in [6.07, 6.45) is 2.12. The van der Waals surface area contributed by atoms with Crippen molar-refractivity contribution in [3.8, 4) is 0 Å². The molecule has 0 unspecified atom stereocenters. The van der Waals surface area contributed by atoms with E-state index in [1.165, 1.54) is 0 Å². The third-order valence-corrected chi connectivity index (χ3v) is 6.33. The van der Waals surface area contributed by atoms with Gasteiger partial charge in [0.25, 0.3) is 0 Å². The van der Waals surface area contributed by atoms with Gasteiger partial charge in [-0.1, -0.05) is 11.4 Å². The Bertz CT molecular complexity index is 201.